The fourth-order valence-electron chi connectivity index (χ4n) is 4.70. The number of likely N-dealkylation sites (tertiary alicyclic amines) is 1. The second-order valence-electron chi connectivity index (χ2n) is 11.5. The maximum absolute atomic E-state index is 12.7. The molecule has 6 heteroatoms. The van der Waals surface area contributed by atoms with Gasteiger partial charge in [0.1, 0.15) is 5.60 Å². The molecule has 2 amide bonds. The van der Waals surface area contributed by atoms with Crippen LogP contribution < -0.4 is 5.32 Å². The number of piperidine rings is 1. The van der Waals surface area contributed by atoms with Crippen molar-refractivity contribution in [3.63, 3.8) is 0 Å². The lowest BCUT2D eigenvalue weighted by atomic mass is 9.95. The Balaban J connectivity index is 2.35. The highest BCUT2D eigenvalue weighted by Crippen LogP contribution is 2.21. The molecule has 0 aromatic carbocycles. The van der Waals surface area contributed by atoms with Crippen molar-refractivity contribution < 1.29 is 19.1 Å². The monoisotopic (exact) mass is 496 g/mol. The van der Waals surface area contributed by atoms with E-state index in [9.17, 15) is 9.59 Å². The quantitative estimate of drug-likeness (QED) is 0.206. The molecule has 1 rings (SSSR count). The highest BCUT2D eigenvalue weighted by Gasteiger charge is 2.27. The van der Waals surface area contributed by atoms with Gasteiger partial charge in [0.15, 0.2) is 0 Å². The number of amides is 2. The predicted octanol–water partition coefficient (Wildman–Crippen LogP) is 8.23. The highest BCUT2D eigenvalue weighted by molar-refractivity contribution is 5.69. The number of hydrogen-bond donors (Lipinski definition) is 1. The topological polar surface area (TPSA) is 67.9 Å². The number of carbonyl (C=O) groups is 2. The van der Waals surface area contributed by atoms with E-state index >= 15 is 0 Å². The van der Waals surface area contributed by atoms with Crippen LogP contribution in [0.5, 0.6) is 0 Å². The van der Waals surface area contributed by atoms with Crippen molar-refractivity contribution >= 4 is 12.2 Å². The van der Waals surface area contributed by atoms with Crippen LogP contribution in [0.25, 0.3) is 0 Å². The number of carbonyl (C=O) groups excluding carboxylic acids is 2. The van der Waals surface area contributed by atoms with Crippen molar-refractivity contribution in [2.45, 2.75) is 149 Å². The molecule has 0 radical (unpaired) electrons. The van der Waals surface area contributed by atoms with Crippen LogP contribution in [0.2, 0.25) is 0 Å². The van der Waals surface area contributed by atoms with Gasteiger partial charge in [0.05, 0.1) is 6.61 Å². The number of hydrogen-bond acceptors (Lipinski definition) is 4. The second kappa shape index (κ2) is 18.8. The molecule has 1 heterocycles. The molecule has 0 bridgehead atoms. The summed E-state index contributed by atoms with van der Waals surface area (Å²) in [6, 6.07) is 0.0436. The van der Waals surface area contributed by atoms with Crippen molar-refractivity contribution in [1.82, 2.24) is 10.2 Å². The first-order chi connectivity index (χ1) is 16.7. The fraction of sp³-hybridized carbons (Fsp3) is 0.931. The van der Waals surface area contributed by atoms with Gasteiger partial charge in [-0.25, -0.2) is 9.59 Å². The summed E-state index contributed by atoms with van der Waals surface area (Å²) in [7, 11) is 0. The zero-order chi connectivity index (χ0) is 25.9. The van der Waals surface area contributed by atoms with E-state index in [4.69, 9.17) is 9.47 Å². The smallest absolute Gasteiger partial charge is 0.409 e. The van der Waals surface area contributed by atoms with Crippen molar-refractivity contribution in [3.8, 4) is 0 Å². The summed E-state index contributed by atoms with van der Waals surface area (Å²) in [5.41, 5.74) is -0.504. The molecular weight excluding hydrogens is 440 g/mol. The molecule has 0 aromatic heterocycles. The first kappa shape index (κ1) is 31.6. The van der Waals surface area contributed by atoms with E-state index in [-0.39, 0.29) is 18.2 Å². The Morgan fingerprint density at radius 2 is 1.31 bits per heavy atom. The first-order valence-corrected chi connectivity index (χ1v) is 14.7. The van der Waals surface area contributed by atoms with Gasteiger partial charge in [-0.05, 0) is 52.4 Å². The van der Waals surface area contributed by atoms with E-state index in [1.807, 2.05) is 20.8 Å². The molecule has 0 saturated carbocycles. The zero-order valence-corrected chi connectivity index (χ0v) is 23.7. The third-order valence-electron chi connectivity index (χ3n) is 6.85. The van der Waals surface area contributed by atoms with E-state index in [0.717, 1.165) is 25.7 Å². The van der Waals surface area contributed by atoms with Crippen LogP contribution >= 0.6 is 0 Å². The van der Waals surface area contributed by atoms with Gasteiger partial charge in [-0.3, -0.25) is 0 Å². The van der Waals surface area contributed by atoms with Gasteiger partial charge < -0.3 is 19.7 Å². The van der Waals surface area contributed by atoms with Crippen LogP contribution in [0.3, 0.4) is 0 Å². The molecule has 1 N–H and O–H groups in total. The maximum atomic E-state index is 12.7. The Hall–Kier alpha value is -1.46. The number of alkyl carbamates (subject to hydrolysis) is 1. The predicted molar refractivity (Wildman–Crippen MR) is 145 cm³/mol. The molecule has 1 saturated heterocycles. The summed E-state index contributed by atoms with van der Waals surface area (Å²) >= 11 is 0. The van der Waals surface area contributed by atoms with Crippen LogP contribution in [0.4, 0.5) is 9.59 Å². The first-order valence-electron chi connectivity index (χ1n) is 14.7. The molecule has 0 atom stereocenters. The second-order valence-corrected chi connectivity index (χ2v) is 11.5. The van der Waals surface area contributed by atoms with Crippen LogP contribution in [0.15, 0.2) is 0 Å². The van der Waals surface area contributed by atoms with Crippen LogP contribution in [0, 0.1) is 5.92 Å². The van der Waals surface area contributed by atoms with Crippen molar-refractivity contribution in [2.75, 3.05) is 19.7 Å². The molecule has 1 fully saturated rings. The minimum atomic E-state index is -0.504. The number of rotatable bonds is 17. The standard InChI is InChI=1S/C29H56N2O4/c1-6-8-10-12-14-16-18-25(19-17-15-13-11-9-7-2)24-34-28(33)31-22-20-26(21-23-31)30-27(32)35-29(3,4)5/h25-26H,6-24H2,1-5H3,(H,30,32). The molecular formula is C29H56N2O4. The zero-order valence-electron chi connectivity index (χ0n) is 23.7. The van der Waals surface area contributed by atoms with Crippen molar-refractivity contribution in [1.29, 1.82) is 0 Å². The normalized spacial score (nSPS) is 14.9. The number of nitrogens with one attached hydrogen (secondary N) is 1. The van der Waals surface area contributed by atoms with Gasteiger partial charge in [-0.1, -0.05) is 90.9 Å². The molecule has 0 aliphatic carbocycles. The third kappa shape index (κ3) is 16.8. The Kier molecular flexibility index (Phi) is 16.9. The molecule has 35 heavy (non-hydrogen) atoms. The van der Waals surface area contributed by atoms with Crippen molar-refractivity contribution in [3.05, 3.63) is 0 Å². The lowest BCUT2D eigenvalue weighted by Crippen LogP contribution is -2.47. The van der Waals surface area contributed by atoms with E-state index < -0.39 is 5.60 Å². The highest BCUT2D eigenvalue weighted by atomic mass is 16.6. The minimum Gasteiger partial charge on any atom is -0.449 e. The molecule has 0 spiro atoms. The number of unbranched alkanes of at least 4 members (excludes halogenated alkanes) is 10. The SMILES string of the molecule is CCCCCCCCC(CCCCCCCC)COC(=O)N1CCC(NC(=O)OC(C)(C)C)CC1. The summed E-state index contributed by atoms with van der Waals surface area (Å²) in [6.45, 7) is 11.8. The van der Waals surface area contributed by atoms with Crippen molar-refractivity contribution in [2.24, 2.45) is 5.92 Å². The Morgan fingerprint density at radius 1 is 0.829 bits per heavy atom. The molecule has 1 aliphatic heterocycles. The maximum Gasteiger partial charge on any atom is 0.409 e. The van der Waals surface area contributed by atoms with E-state index in [0.29, 0.717) is 25.6 Å². The average Bonchev–Trinajstić information content (AvgIpc) is 2.80. The number of nitrogens with zero attached hydrogens (tertiary/aromatic N) is 1. The largest absolute Gasteiger partial charge is 0.449 e. The Labute approximate surface area is 216 Å². The summed E-state index contributed by atoms with van der Waals surface area (Å²) < 4.78 is 11.1. The van der Waals surface area contributed by atoms with E-state index in [2.05, 4.69) is 19.2 Å². The summed E-state index contributed by atoms with van der Waals surface area (Å²) in [6.07, 6.45) is 18.8. The third-order valence-corrected chi connectivity index (χ3v) is 6.85. The van der Waals surface area contributed by atoms with Gasteiger partial charge >= 0.3 is 12.2 Å². The van der Waals surface area contributed by atoms with Gasteiger partial charge in [0.25, 0.3) is 0 Å². The molecule has 0 aromatic rings. The van der Waals surface area contributed by atoms with Gasteiger partial charge in [0, 0.05) is 19.1 Å². The fourth-order valence-corrected chi connectivity index (χ4v) is 4.70. The Morgan fingerprint density at radius 3 is 1.80 bits per heavy atom. The van der Waals surface area contributed by atoms with Crippen LogP contribution in [-0.4, -0.2) is 48.4 Å². The lowest BCUT2D eigenvalue weighted by molar-refractivity contribution is 0.0466. The summed E-state index contributed by atoms with van der Waals surface area (Å²) in [4.78, 5) is 26.5. The molecule has 1 aliphatic rings. The van der Waals surface area contributed by atoms with Gasteiger partial charge in [-0.15, -0.1) is 0 Å². The van der Waals surface area contributed by atoms with Crippen LogP contribution in [0.1, 0.15) is 137 Å². The number of ether oxygens (including phenoxy) is 2. The molecule has 0 unspecified atom stereocenters. The lowest BCUT2D eigenvalue weighted by Gasteiger charge is -2.32. The summed E-state index contributed by atoms with van der Waals surface area (Å²) in [5, 5.41) is 2.93. The average molecular weight is 497 g/mol. The minimum absolute atomic E-state index is 0.0436. The van der Waals surface area contributed by atoms with Gasteiger partial charge in [-0.2, -0.15) is 0 Å². The molecule has 206 valence electrons. The Bertz CT molecular complexity index is 537. The van der Waals surface area contributed by atoms with Crippen LogP contribution in [-0.2, 0) is 9.47 Å². The van der Waals surface area contributed by atoms with E-state index in [1.54, 1.807) is 4.90 Å². The van der Waals surface area contributed by atoms with E-state index in [1.165, 1.54) is 77.0 Å². The molecule has 6 nitrogen and oxygen atoms in total. The van der Waals surface area contributed by atoms with Gasteiger partial charge in [0.2, 0.25) is 0 Å². The summed E-state index contributed by atoms with van der Waals surface area (Å²) in [5.74, 6) is 0.475.